The highest BCUT2D eigenvalue weighted by atomic mass is 19.4. The standard InChI is InChI=1S/C25H30F3N7O4/c1-2-17(16-36)14-29-24(38)21-15-35(34-32-21)11-4-3-7-19-9-10-22(33-31-19)30-23(37)13-18-6-5-8-20(12-18)39-25(26,27)28/h5-6,8-10,12,15,17,36H,2-4,7,11,13-14,16H2,1H3,(H,29,38)(H,30,33,37). The predicted molar refractivity (Wildman–Crippen MR) is 134 cm³/mol. The molecular formula is C25H30F3N7O4. The van der Waals surface area contributed by atoms with Gasteiger partial charge < -0.3 is 20.5 Å². The van der Waals surface area contributed by atoms with Crippen LogP contribution in [-0.2, 0) is 24.2 Å². The molecule has 210 valence electrons. The highest BCUT2D eigenvalue weighted by Crippen LogP contribution is 2.23. The molecule has 1 unspecified atom stereocenters. The molecule has 0 aliphatic heterocycles. The Kier molecular flexibility index (Phi) is 10.7. The summed E-state index contributed by atoms with van der Waals surface area (Å²) in [5, 5.41) is 30.5. The van der Waals surface area contributed by atoms with Crippen LogP contribution in [0.5, 0.6) is 5.75 Å². The topological polar surface area (TPSA) is 144 Å². The van der Waals surface area contributed by atoms with Crippen LogP contribution in [0.15, 0.2) is 42.6 Å². The van der Waals surface area contributed by atoms with Gasteiger partial charge in [0.2, 0.25) is 5.91 Å². The number of alkyl halides is 3. The number of hydrogen-bond acceptors (Lipinski definition) is 8. The highest BCUT2D eigenvalue weighted by Gasteiger charge is 2.31. The van der Waals surface area contributed by atoms with Gasteiger partial charge in [-0.15, -0.1) is 23.4 Å². The number of anilines is 1. The second-order valence-corrected chi connectivity index (χ2v) is 8.82. The summed E-state index contributed by atoms with van der Waals surface area (Å²) in [6.45, 7) is 2.88. The number of aliphatic hydroxyl groups excluding tert-OH is 1. The zero-order valence-corrected chi connectivity index (χ0v) is 21.3. The molecule has 0 saturated heterocycles. The Labute approximate surface area is 222 Å². The number of aromatic nitrogens is 5. The number of carbonyl (C=O) groups is 2. The fourth-order valence-corrected chi connectivity index (χ4v) is 3.54. The first-order chi connectivity index (χ1) is 18.6. The van der Waals surface area contributed by atoms with Crippen molar-refractivity contribution >= 4 is 17.6 Å². The largest absolute Gasteiger partial charge is 0.573 e. The SMILES string of the molecule is CCC(CO)CNC(=O)c1cn(CCCCc2ccc(NC(=O)Cc3cccc(OC(F)(F)F)c3)nn2)nn1. The molecule has 0 bridgehead atoms. The normalized spacial score (nSPS) is 12.1. The molecule has 3 aromatic rings. The number of hydrogen-bond donors (Lipinski definition) is 3. The average molecular weight is 550 g/mol. The van der Waals surface area contributed by atoms with Crippen LogP contribution in [0.25, 0.3) is 0 Å². The second kappa shape index (κ2) is 14.2. The van der Waals surface area contributed by atoms with Gasteiger partial charge >= 0.3 is 6.36 Å². The van der Waals surface area contributed by atoms with Gasteiger partial charge in [0.1, 0.15) is 5.75 Å². The van der Waals surface area contributed by atoms with Crippen molar-refractivity contribution in [1.82, 2.24) is 30.5 Å². The van der Waals surface area contributed by atoms with E-state index >= 15 is 0 Å². The van der Waals surface area contributed by atoms with Crippen molar-refractivity contribution in [3.8, 4) is 5.75 Å². The van der Waals surface area contributed by atoms with Crippen LogP contribution >= 0.6 is 0 Å². The molecule has 0 radical (unpaired) electrons. The molecule has 2 amide bonds. The summed E-state index contributed by atoms with van der Waals surface area (Å²) in [6, 6.07) is 8.54. The van der Waals surface area contributed by atoms with Crippen LogP contribution in [0.1, 0.15) is 47.9 Å². The van der Waals surface area contributed by atoms with Crippen molar-refractivity contribution in [2.75, 3.05) is 18.5 Å². The minimum absolute atomic E-state index is 0.00497. The molecule has 0 saturated carbocycles. The number of aryl methyl sites for hydroxylation is 2. The Morgan fingerprint density at radius 2 is 1.95 bits per heavy atom. The molecule has 0 spiro atoms. The summed E-state index contributed by atoms with van der Waals surface area (Å²) in [5.74, 6) is -0.958. The van der Waals surface area contributed by atoms with Gasteiger partial charge in [-0.05, 0) is 61.4 Å². The van der Waals surface area contributed by atoms with Gasteiger partial charge in [0.15, 0.2) is 11.5 Å². The molecule has 11 nitrogen and oxygen atoms in total. The average Bonchev–Trinajstić information content (AvgIpc) is 3.36. The van der Waals surface area contributed by atoms with Gasteiger partial charge in [-0.3, -0.25) is 14.3 Å². The Bertz CT molecular complexity index is 1210. The maximum absolute atomic E-state index is 12.4. The number of rotatable bonds is 14. The van der Waals surface area contributed by atoms with Gasteiger partial charge in [-0.1, -0.05) is 24.3 Å². The van der Waals surface area contributed by atoms with E-state index in [4.69, 9.17) is 0 Å². The van der Waals surface area contributed by atoms with Crippen LogP contribution in [0, 0.1) is 5.92 Å². The van der Waals surface area contributed by atoms with Crippen molar-refractivity contribution < 1.29 is 32.6 Å². The first kappa shape index (κ1) is 29.5. The van der Waals surface area contributed by atoms with E-state index in [0.717, 1.165) is 37.1 Å². The van der Waals surface area contributed by atoms with Crippen molar-refractivity contribution in [1.29, 1.82) is 0 Å². The molecule has 0 aliphatic rings. The summed E-state index contributed by atoms with van der Waals surface area (Å²) in [4.78, 5) is 24.4. The van der Waals surface area contributed by atoms with Crippen LogP contribution in [0.3, 0.4) is 0 Å². The molecule has 14 heteroatoms. The van der Waals surface area contributed by atoms with Gasteiger partial charge in [-0.25, -0.2) is 0 Å². The van der Waals surface area contributed by atoms with Gasteiger partial charge in [-0.2, -0.15) is 5.10 Å². The van der Waals surface area contributed by atoms with E-state index in [1.54, 1.807) is 23.0 Å². The summed E-state index contributed by atoms with van der Waals surface area (Å²) in [7, 11) is 0. The zero-order chi connectivity index (χ0) is 28.3. The molecule has 1 atom stereocenters. The van der Waals surface area contributed by atoms with Gasteiger partial charge in [0.05, 0.1) is 18.3 Å². The summed E-state index contributed by atoms with van der Waals surface area (Å²) >= 11 is 0. The quantitative estimate of drug-likeness (QED) is 0.261. The lowest BCUT2D eigenvalue weighted by Gasteiger charge is -2.11. The number of nitrogens with one attached hydrogen (secondary N) is 2. The third kappa shape index (κ3) is 10.3. The lowest BCUT2D eigenvalue weighted by atomic mass is 10.1. The molecule has 3 N–H and O–H groups in total. The molecule has 0 fully saturated rings. The van der Waals surface area contributed by atoms with E-state index in [1.807, 2.05) is 6.92 Å². The number of unbranched alkanes of at least 4 members (excludes halogenated alkanes) is 1. The van der Waals surface area contributed by atoms with E-state index < -0.39 is 18.0 Å². The van der Waals surface area contributed by atoms with E-state index in [1.165, 1.54) is 12.1 Å². The number of ether oxygens (including phenoxy) is 1. The number of nitrogens with zero attached hydrogens (tertiary/aromatic N) is 5. The van der Waals surface area contributed by atoms with Crippen LogP contribution in [0.4, 0.5) is 19.0 Å². The highest BCUT2D eigenvalue weighted by molar-refractivity contribution is 5.92. The predicted octanol–water partition coefficient (Wildman–Crippen LogP) is 2.92. The van der Waals surface area contributed by atoms with Crippen LogP contribution < -0.4 is 15.4 Å². The van der Waals surface area contributed by atoms with E-state index in [-0.39, 0.29) is 36.4 Å². The van der Waals surface area contributed by atoms with Gasteiger partial charge in [0, 0.05) is 19.7 Å². The second-order valence-electron chi connectivity index (χ2n) is 8.82. The zero-order valence-electron chi connectivity index (χ0n) is 21.3. The van der Waals surface area contributed by atoms with Crippen molar-refractivity contribution in [2.24, 2.45) is 5.92 Å². The molecular weight excluding hydrogens is 519 g/mol. The Morgan fingerprint density at radius 1 is 1.13 bits per heavy atom. The third-order valence-electron chi connectivity index (χ3n) is 5.71. The number of carbonyl (C=O) groups excluding carboxylic acids is 2. The summed E-state index contributed by atoms with van der Waals surface area (Å²) < 4.78 is 42.6. The van der Waals surface area contributed by atoms with E-state index in [9.17, 15) is 27.9 Å². The first-order valence-corrected chi connectivity index (χ1v) is 12.4. The summed E-state index contributed by atoms with van der Waals surface area (Å²) in [5.41, 5.74) is 1.29. The van der Waals surface area contributed by atoms with Crippen LogP contribution in [0.2, 0.25) is 0 Å². The molecule has 2 heterocycles. The van der Waals surface area contributed by atoms with Crippen molar-refractivity contribution in [3.63, 3.8) is 0 Å². The Morgan fingerprint density at radius 3 is 2.64 bits per heavy atom. The smallest absolute Gasteiger partial charge is 0.406 e. The minimum Gasteiger partial charge on any atom is -0.406 e. The molecule has 3 rings (SSSR count). The van der Waals surface area contributed by atoms with E-state index in [0.29, 0.717) is 25.1 Å². The Balaban J connectivity index is 1.38. The molecule has 39 heavy (non-hydrogen) atoms. The monoisotopic (exact) mass is 549 g/mol. The maximum Gasteiger partial charge on any atom is 0.573 e. The fraction of sp³-hybridized carbons (Fsp3) is 0.440. The first-order valence-electron chi connectivity index (χ1n) is 12.4. The lowest BCUT2D eigenvalue weighted by molar-refractivity contribution is -0.274. The molecule has 2 aromatic heterocycles. The van der Waals surface area contributed by atoms with E-state index in [2.05, 4.69) is 35.9 Å². The fourth-order valence-electron chi connectivity index (χ4n) is 3.54. The maximum atomic E-state index is 12.4. The lowest BCUT2D eigenvalue weighted by Crippen LogP contribution is -2.30. The molecule has 0 aliphatic carbocycles. The molecule has 1 aromatic carbocycles. The van der Waals surface area contributed by atoms with Crippen molar-refractivity contribution in [2.45, 2.75) is 51.9 Å². The number of aliphatic hydroxyl groups is 1. The minimum atomic E-state index is -4.81. The number of benzene rings is 1. The van der Waals surface area contributed by atoms with Crippen LogP contribution in [-0.4, -0.2) is 61.6 Å². The third-order valence-corrected chi connectivity index (χ3v) is 5.71. The number of halogens is 3. The summed E-state index contributed by atoms with van der Waals surface area (Å²) in [6.07, 6.45) is -0.479. The van der Waals surface area contributed by atoms with Gasteiger partial charge in [0.25, 0.3) is 5.91 Å². The number of amides is 2. The Hall–Kier alpha value is -4.07. The van der Waals surface area contributed by atoms with Crippen molar-refractivity contribution in [3.05, 3.63) is 59.5 Å².